The van der Waals surface area contributed by atoms with E-state index in [0.29, 0.717) is 6.61 Å². The van der Waals surface area contributed by atoms with Gasteiger partial charge in [-0.15, -0.1) is 0 Å². The van der Waals surface area contributed by atoms with Crippen molar-refractivity contribution in [1.29, 1.82) is 0 Å². The van der Waals surface area contributed by atoms with Crippen LogP contribution in [0.15, 0.2) is 48.8 Å². The molecule has 2 aromatic rings. The number of hydrogen-bond donors (Lipinski definition) is 1. The van der Waals surface area contributed by atoms with Crippen molar-refractivity contribution in [1.82, 2.24) is 4.98 Å². The third-order valence-corrected chi connectivity index (χ3v) is 2.75. The third kappa shape index (κ3) is 3.00. The number of pyridine rings is 1. The average molecular weight is 242 g/mol. The van der Waals surface area contributed by atoms with Gasteiger partial charge >= 0.3 is 0 Å². The Balaban J connectivity index is 2.16. The topological polar surface area (TPSA) is 34.1 Å². The minimum absolute atomic E-state index is 0.190. The van der Waals surface area contributed by atoms with Crippen molar-refractivity contribution in [3.05, 3.63) is 54.4 Å². The van der Waals surface area contributed by atoms with Crippen molar-refractivity contribution in [3.63, 3.8) is 0 Å². The Kier molecular flexibility index (Phi) is 4.18. The van der Waals surface area contributed by atoms with Crippen LogP contribution in [0.5, 0.6) is 5.75 Å². The number of aromatic nitrogens is 1. The molecule has 0 saturated heterocycles. The van der Waals surface area contributed by atoms with Gasteiger partial charge in [0, 0.05) is 23.6 Å². The second-order valence-electron chi connectivity index (χ2n) is 4.07. The second kappa shape index (κ2) is 6.05. The summed E-state index contributed by atoms with van der Waals surface area (Å²) in [6.07, 6.45) is 3.56. The Morgan fingerprint density at radius 2 is 1.89 bits per heavy atom. The normalized spacial score (nSPS) is 11.9. The van der Waals surface area contributed by atoms with Crippen molar-refractivity contribution >= 4 is 5.69 Å². The molecular formula is C15H18N2O. The zero-order valence-electron chi connectivity index (χ0n) is 10.8. The SMILES string of the molecule is CCOc1ccccc1[C@@H](C)Nc1ccncc1. The lowest BCUT2D eigenvalue weighted by molar-refractivity contribution is 0.335. The summed E-state index contributed by atoms with van der Waals surface area (Å²) in [6, 6.07) is 12.2. The van der Waals surface area contributed by atoms with E-state index in [1.807, 2.05) is 37.3 Å². The van der Waals surface area contributed by atoms with Gasteiger partial charge in [0.2, 0.25) is 0 Å². The molecule has 0 spiro atoms. The van der Waals surface area contributed by atoms with E-state index in [4.69, 9.17) is 4.74 Å². The van der Waals surface area contributed by atoms with Gasteiger partial charge in [-0.3, -0.25) is 4.98 Å². The summed E-state index contributed by atoms with van der Waals surface area (Å²) in [5.41, 5.74) is 2.22. The van der Waals surface area contributed by atoms with Gasteiger partial charge < -0.3 is 10.1 Å². The number of nitrogens with zero attached hydrogens (tertiary/aromatic N) is 1. The summed E-state index contributed by atoms with van der Waals surface area (Å²) in [5, 5.41) is 3.44. The summed E-state index contributed by atoms with van der Waals surface area (Å²) in [7, 11) is 0. The van der Waals surface area contributed by atoms with Gasteiger partial charge in [0.1, 0.15) is 5.75 Å². The van der Waals surface area contributed by atoms with Gasteiger partial charge in [-0.2, -0.15) is 0 Å². The van der Waals surface area contributed by atoms with Crippen LogP contribution >= 0.6 is 0 Å². The molecule has 3 nitrogen and oxygen atoms in total. The smallest absolute Gasteiger partial charge is 0.124 e. The van der Waals surface area contributed by atoms with Gasteiger partial charge in [-0.05, 0) is 32.0 Å². The molecule has 0 saturated carbocycles. The molecule has 18 heavy (non-hydrogen) atoms. The Labute approximate surface area is 108 Å². The quantitative estimate of drug-likeness (QED) is 0.869. The maximum absolute atomic E-state index is 5.64. The van der Waals surface area contributed by atoms with Crippen LogP contribution in [-0.4, -0.2) is 11.6 Å². The fourth-order valence-electron chi connectivity index (χ4n) is 1.90. The zero-order valence-corrected chi connectivity index (χ0v) is 10.8. The first-order chi connectivity index (χ1) is 8.81. The van der Waals surface area contributed by atoms with Crippen molar-refractivity contribution in [2.45, 2.75) is 19.9 Å². The van der Waals surface area contributed by atoms with Crippen LogP contribution in [0.2, 0.25) is 0 Å². The van der Waals surface area contributed by atoms with E-state index in [9.17, 15) is 0 Å². The molecule has 0 amide bonds. The fraction of sp³-hybridized carbons (Fsp3) is 0.267. The summed E-state index contributed by atoms with van der Waals surface area (Å²) in [5.74, 6) is 0.939. The van der Waals surface area contributed by atoms with Crippen molar-refractivity contribution < 1.29 is 4.74 Å². The van der Waals surface area contributed by atoms with Gasteiger partial charge in [-0.1, -0.05) is 18.2 Å². The molecule has 0 aliphatic rings. The maximum atomic E-state index is 5.64. The number of anilines is 1. The molecule has 0 aliphatic carbocycles. The standard InChI is InChI=1S/C15H18N2O/c1-3-18-15-7-5-4-6-14(15)12(2)17-13-8-10-16-11-9-13/h4-12H,3H2,1-2H3,(H,16,17)/t12-/m1/s1. The largest absolute Gasteiger partial charge is 0.494 e. The van der Waals surface area contributed by atoms with Crippen LogP contribution in [0.1, 0.15) is 25.5 Å². The minimum Gasteiger partial charge on any atom is -0.494 e. The number of benzene rings is 1. The highest BCUT2D eigenvalue weighted by atomic mass is 16.5. The number of rotatable bonds is 5. The highest BCUT2D eigenvalue weighted by Gasteiger charge is 2.10. The first kappa shape index (κ1) is 12.4. The van der Waals surface area contributed by atoms with Crippen molar-refractivity contribution in [3.8, 4) is 5.75 Å². The predicted molar refractivity (Wildman–Crippen MR) is 73.9 cm³/mol. The average Bonchev–Trinajstić information content (AvgIpc) is 2.41. The number of hydrogen-bond acceptors (Lipinski definition) is 3. The third-order valence-electron chi connectivity index (χ3n) is 2.75. The molecule has 0 aliphatic heterocycles. The van der Waals surface area contributed by atoms with Crippen LogP contribution < -0.4 is 10.1 Å². The molecule has 1 aromatic heterocycles. The van der Waals surface area contributed by atoms with E-state index in [1.54, 1.807) is 12.4 Å². The second-order valence-corrected chi connectivity index (χ2v) is 4.07. The number of nitrogens with one attached hydrogen (secondary N) is 1. The predicted octanol–water partition coefficient (Wildman–Crippen LogP) is 3.65. The Hall–Kier alpha value is -2.03. The highest BCUT2D eigenvalue weighted by Crippen LogP contribution is 2.27. The first-order valence-corrected chi connectivity index (χ1v) is 6.19. The number of para-hydroxylation sites is 1. The maximum Gasteiger partial charge on any atom is 0.124 e. The van der Waals surface area contributed by atoms with E-state index >= 15 is 0 Å². The summed E-state index contributed by atoms with van der Waals surface area (Å²) >= 11 is 0. The summed E-state index contributed by atoms with van der Waals surface area (Å²) < 4.78 is 5.64. The molecule has 2 rings (SSSR count). The molecule has 0 bridgehead atoms. The summed E-state index contributed by atoms with van der Waals surface area (Å²) in [4.78, 5) is 4.01. The Bertz CT molecular complexity index is 485. The lowest BCUT2D eigenvalue weighted by Gasteiger charge is -2.18. The highest BCUT2D eigenvalue weighted by molar-refractivity contribution is 5.46. The molecule has 1 heterocycles. The van der Waals surface area contributed by atoms with Gasteiger partial charge in [-0.25, -0.2) is 0 Å². The minimum atomic E-state index is 0.190. The van der Waals surface area contributed by atoms with E-state index in [0.717, 1.165) is 17.0 Å². The first-order valence-electron chi connectivity index (χ1n) is 6.19. The van der Waals surface area contributed by atoms with Gasteiger partial charge in [0.15, 0.2) is 0 Å². The van der Waals surface area contributed by atoms with Crippen LogP contribution in [-0.2, 0) is 0 Å². The Morgan fingerprint density at radius 1 is 1.17 bits per heavy atom. The van der Waals surface area contributed by atoms with Crippen molar-refractivity contribution in [2.24, 2.45) is 0 Å². The lowest BCUT2D eigenvalue weighted by atomic mass is 10.1. The van der Waals surface area contributed by atoms with Crippen molar-refractivity contribution in [2.75, 3.05) is 11.9 Å². The van der Waals surface area contributed by atoms with E-state index in [2.05, 4.69) is 23.3 Å². The number of ether oxygens (including phenoxy) is 1. The monoisotopic (exact) mass is 242 g/mol. The van der Waals surface area contributed by atoms with Crippen LogP contribution in [0.4, 0.5) is 5.69 Å². The fourth-order valence-corrected chi connectivity index (χ4v) is 1.90. The molecule has 0 fully saturated rings. The molecule has 0 radical (unpaired) electrons. The van der Waals surface area contributed by atoms with Gasteiger partial charge in [0.05, 0.1) is 12.6 Å². The molecule has 1 aromatic carbocycles. The van der Waals surface area contributed by atoms with Gasteiger partial charge in [0.25, 0.3) is 0 Å². The van der Waals surface area contributed by atoms with Crippen LogP contribution in [0, 0.1) is 0 Å². The van der Waals surface area contributed by atoms with Crippen LogP contribution in [0.25, 0.3) is 0 Å². The zero-order chi connectivity index (χ0) is 12.8. The van der Waals surface area contributed by atoms with E-state index in [1.165, 1.54) is 0 Å². The molecule has 3 heteroatoms. The van der Waals surface area contributed by atoms with Crippen LogP contribution in [0.3, 0.4) is 0 Å². The summed E-state index contributed by atoms with van der Waals surface area (Å²) in [6.45, 7) is 4.80. The molecular weight excluding hydrogens is 224 g/mol. The van der Waals surface area contributed by atoms with E-state index in [-0.39, 0.29) is 6.04 Å². The Morgan fingerprint density at radius 3 is 2.61 bits per heavy atom. The molecule has 1 N–H and O–H groups in total. The molecule has 0 unspecified atom stereocenters. The lowest BCUT2D eigenvalue weighted by Crippen LogP contribution is -2.08. The molecule has 94 valence electrons. The molecule has 1 atom stereocenters. The van der Waals surface area contributed by atoms with E-state index < -0.39 is 0 Å².